The molecule has 3 nitrogen and oxygen atoms in total. The number of nitrogens with one attached hydrogen (secondary N) is 1. The van der Waals surface area contributed by atoms with Crippen LogP contribution in [0.25, 0.3) is 0 Å². The molecule has 0 aromatic rings. The van der Waals surface area contributed by atoms with Crippen LogP contribution in [0.5, 0.6) is 0 Å². The summed E-state index contributed by atoms with van der Waals surface area (Å²) >= 11 is 0. The van der Waals surface area contributed by atoms with Crippen molar-refractivity contribution in [2.45, 2.75) is 13.0 Å². The molecule has 0 aliphatic heterocycles. The lowest BCUT2D eigenvalue weighted by Gasteiger charge is -2.02. The molecule has 3 heteroatoms. The topological polar surface area (TPSA) is 49.3 Å². The molecule has 0 saturated carbocycles. The van der Waals surface area contributed by atoms with Crippen LogP contribution in [-0.4, -0.2) is 23.7 Å². The molecule has 52 valence electrons. The Balaban J connectivity index is 3.27. The Kier molecular flexibility index (Phi) is 3.71. The summed E-state index contributed by atoms with van der Waals surface area (Å²) in [6.07, 6.45) is 0.677. The van der Waals surface area contributed by atoms with E-state index in [0.717, 1.165) is 0 Å². The third-order valence-corrected chi connectivity index (χ3v) is 0.757. The standard InChI is InChI=1S/C6H11NO2/c1-3-6(9)7-4-5(2)8/h3,5,8H,1,4H2,2H3,(H,7,9). The summed E-state index contributed by atoms with van der Waals surface area (Å²) in [5.41, 5.74) is 0. The highest BCUT2D eigenvalue weighted by Gasteiger charge is 1.95. The van der Waals surface area contributed by atoms with Gasteiger partial charge in [0.2, 0.25) is 5.91 Å². The second-order valence-corrected chi connectivity index (χ2v) is 1.80. The van der Waals surface area contributed by atoms with E-state index in [4.69, 9.17) is 5.11 Å². The van der Waals surface area contributed by atoms with Gasteiger partial charge in [0.25, 0.3) is 0 Å². The first-order valence-corrected chi connectivity index (χ1v) is 2.75. The van der Waals surface area contributed by atoms with Crippen LogP contribution in [0.1, 0.15) is 6.92 Å². The Morgan fingerprint density at radius 1 is 2.00 bits per heavy atom. The van der Waals surface area contributed by atoms with E-state index in [1.165, 1.54) is 6.08 Å². The minimum absolute atomic E-state index is 0.254. The second-order valence-electron chi connectivity index (χ2n) is 1.80. The van der Waals surface area contributed by atoms with Crippen LogP contribution in [0.4, 0.5) is 0 Å². The third kappa shape index (κ3) is 5.03. The van der Waals surface area contributed by atoms with Gasteiger partial charge in [0.05, 0.1) is 6.10 Å². The zero-order valence-corrected chi connectivity index (χ0v) is 5.42. The predicted octanol–water partition coefficient (Wildman–Crippen LogP) is -0.331. The number of amides is 1. The number of hydrogen-bond acceptors (Lipinski definition) is 2. The van der Waals surface area contributed by atoms with E-state index in [2.05, 4.69) is 11.9 Å². The lowest BCUT2D eigenvalue weighted by molar-refractivity contribution is -0.116. The number of aliphatic hydroxyl groups excluding tert-OH is 1. The van der Waals surface area contributed by atoms with Crippen LogP contribution in [0.3, 0.4) is 0 Å². The smallest absolute Gasteiger partial charge is 0.243 e. The monoisotopic (exact) mass is 129 g/mol. The molecule has 0 aliphatic rings. The van der Waals surface area contributed by atoms with Gasteiger partial charge in [-0.05, 0) is 13.0 Å². The van der Waals surface area contributed by atoms with Crippen molar-refractivity contribution in [3.8, 4) is 0 Å². The fourth-order valence-electron chi connectivity index (χ4n) is 0.320. The van der Waals surface area contributed by atoms with Crippen LogP contribution in [0, 0.1) is 0 Å². The van der Waals surface area contributed by atoms with Crippen LogP contribution >= 0.6 is 0 Å². The number of rotatable bonds is 3. The predicted molar refractivity (Wildman–Crippen MR) is 34.9 cm³/mol. The highest BCUT2D eigenvalue weighted by Crippen LogP contribution is 1.74. The summed E-state index contributed by atoms with van der Waals surface area (Å²) in [6, 6.07) is 0. The number of carbonyl (C=O) groups excluding carboxylic acids is 1. The Morgan fingerprint density at radius 3 is 2.89 bits per heavy atom. The van der Waals surface area contributed by atoms with E-state index >= 15 is 0 Å². The first-order chi connectivity index (χ1) is 4.16. The van der Waals surface area contributed by atoms with Gasteiger partial charge in [0.15, 0.2) is 0 Å². The summed E-state index contributed by atoms with van der Waals surface area (Å²) in [7, 11) is 0. The molecular formula is C6H11NO2. The minimum atomic E-state index is -0.492. The first-order valence-electron chi connectivity index (χ1n) is 2.75. The molecule has 2 N–H and O–H groups in total. The third-order valence-electron chi connectivity index (χ3n) is 0.757. The van der Waals surface area contributed by atoms with Crippen LogP contribution in [0.15, 0.2) is 12.7 Å². The second kappa shape index (κ2) is 4.09. The first kappa shape index (κ1) is 8.17. The quantitative estimate of drug-likeness (QED) is 0.512. The number of aliphatic hydroxyl groups is 1. The summed E-state index contributed by atoms with van der Waals surface area (Å²) < 4.78 is 0. The van der Waals surface area contributed by atoms with Gasteiger partial charge in [-0.25, -0.2) is 0 Å². The van der Waals surface area contributed by atoms with Crippen LogP contribution < -0.4 is 5.32 Å². The minimum Gasteiger partial charge on any atom is -0.392 e. The van der Waals surface area contributed by atoms with Gasteiger partial charge >= 0.3 is 0 Å². The van der Waals surface area contributed by atoms with Crippen LogP contribution in [0.2, 0.25) is 0 Å². The number of carbonyl (C=O) groups is 1. The SMILES string of the molecule is C=CC(=O)NCC(C)O. The summed E-state index contributed by atoms with van der Waals surface area (Å²) in [5.74, 6) is -0.254. The van der Waals surface area contributed by atoms with E-state index < -0.39 is 6.10 Å². The van der Waals surface area contributed by atoms with E-state index in [1.54, 1.807) is 6.92 Å². The van der Waals surface area contributed by atoms with Crippen molar-refractivity contribution in [3.05, 3.63) is 12.7 Å². The zero-order chi connectivity index (χ0) is 7.28. The molecule has 9 heavy (non-hydrogen) atoms. The van der Waals surface area contributed by atoms with Crippen molar-refractivity contribution in [3.63, 3.8) is 0 Å². The molecule has 1 atom stereocenters. The van der Waals surface area contributed by atoms with Gasteiger partial charge in [-0.2, -0.15) is 0 Å². The lowest BCUT2D eigenvalue weighted by Crippen LogP contribution is -2.28. The van der Waals surface area contributed by atoms with E-state index in [9.17, 15) is 4.79 Å². The summed E-state index contributed by atoms with van der Waals surface area (Å²) in [4.78, 5) is 10.4. The van der Waals surface area contributed by atoms with Crippen LogP contribution in [-0.2, 0) is 4.79 Å². The molecule has 0 spiro atoms. The maximum Gasteiger partial charge on any atom is 0.243 e. The van der Waals surface area contributed by atoms with Gasteiger partial charge in [0, 0.05) is 6.54 Å². The van der Waals surface area contributed by atoms with Gasteiger partial charge < -0.3 is 10.4 Å². The Hall–Kier alpha value is -0.830. The highest BCUT2D eigenvalue weighted by atomic mass is 16.3. The summed E-state index contributed by atoms with van der Waals surface area (Å²) in [6.45, 7) is 5.13. The fraction of sp³-hybridized carbons (Fsp3) is 0.500. The average Bonchev–Trinajstić information content (AvgIpc) is 1.83. The Labute approximate surface area is 54.4 Å². The van der Waals surface area contributed by atoms with Crippen molar-refractivity contribution in [2.75, 3.05) is 6.54 Å². The summed E-state index contributed by atoms with van der Waals surface area (Å²) in [5, 5.41) is 11.1. The highest BCUT2D eigenvalue weighted by molar-refractivity contribution is 5.86. The molecule has 0 aromatic heterocycles. The van der Waals surface area contributed by atoms with Crippen molar-refractivity contribution in [1.82, 2.24) is 5.32 Å². The lowest BCUT2D eigenvalue weighted by atomic mass is 10.4. The fourth-order valence-corrected chi connectivity index (χ4v) is 0.320. The van der Waals surface area contributed by atoms with Crippen molar-refractivity contribution >= 4 is 5.91 Å². The van der Waals surface area contributed by atoms with Crippen molar-refractivity contribution < 1.29 is 9.90 Å². The maximum atomic E-state index is 10.4. The van der Waals surface area contributed by atoms with Gasteiger partial charge in [-0.15, -0.1) is 0 Å². The molecule has 0 aliphatic carbocycles. The molecule has 0 heterocycles. The largest absolute Gasteiger partial charge is 0.392 e. The normalized spacial score (nSPS) is 12.2. The number of hydrogen-bond donors (Lipinski definition) is 2. The maximum absolute atomic E-state index is 10.4. The van der Waals surface area contributed by atoms with Gasteiger partial charge in [0.1, 0.15) is 0 Å². The molecule has 1 amide bonds. The molecule has 0 aromatic carbocycles. The van der Waals surface area contributed by atoms with E-state index in [-0.39, 0.29) is 12.5 Å². The molecule has 0 bridgehead atoms. The van der Waals surface area contributed by atoms with E-state index in [0.29, 0.717) is 0 Å². The average molecular weight is 129 g/mol. The molecule has 0 saturated heterocycles. The van der Waals surface area contributed by atoms with Crippen molar-refractivity contribution in [1.29, 1.82) is 0 Å². The Bertz CT molecular complexity index is 110. The van der Waals surface area contributed by atoms with Crippen molar-refractivity contribution in [2.24, 2.45) is 0 Å². The van der Waals surface area contributed by atoms with Gasteiger partial charge in [-0.1, -0.05) is 6.58 Å². The zero-order valence-electron chi connectivity index (χ0n) is 5.42. The van der Waals surface area contributed by atoms with Gasteiger partial charge in [-0.3, -0.25) is 4.79 Å². The molecule has 0 fully saturated rings. The molecule has 1 unspecified atom stereocenters. The molecule has 0 radical (unpaired) electrons. The molecular weight excluding hydrogens is 118 g/mol. The van der Waals surface area contributed by atoms with E-state index in [1.807, 2.05) is 0 Å². The Morgan fingerprint density at radius 2 is 2.56 bits per heavy atom. The molecule has 0 rings (SSSR count).